The van der Waals surface area contributed by atoms with Crippen LogP contribution in [0.5, 0.6) is 5.75 Å². The minimum Gasteiger partial charge on any atom is -0.488 e. The number of azide groups is 1. The number of hydrogen-bond donors (Lipinski definition) is 1. The largest absolute Gasteiger partial charge is 0.488 e. The lowest BCUT2D eigenvalue weighted by Crippen LogP contribution is -2.01. The first-order valence-corrected chi connectivity index (χ1v) is 8.56. The zero-order valence-electron chi connectivity index (χ0n) is 13.3. The smallest absolute Gasteiger partial charge is 0.130 e. The molecule has 1 heterocycles. The third-order valence-electron chi connectivity index (χ3n) is 3.54. The van der Waals surface area contributed by atoms with Gasteiger partial charge < -0.3 is 9.84 Å². The molecule has 0 fully saturated rings. The summed E-state index contributed by atoms with van der Waals surface area (Å²) in [5.41, 5.74) is 10.8. The average Bonchev–Trinajstić information content (AvgIpc) is 3.15. The van der Waals surface area contributed by atoms with E-state index in [1.165, 1.54) is 11.3 Å². The third-order valence-corrected chi connectivity index (χ3v) is 4.43. The van der Waals surface area contributed by atoms with Gasteiger partial charge in [0.1, 0.15) is 23.5 Å². The Balaban J connectivity index is 1.79. The fourth-order valence-electron chi connectivity index (χ4n) is 2.27. The van der Waals surface area contributed by atoms with Crippen molar-refractivity contribution in [3.8, 4) is 16.3 Å². The Morgan fingerprint density at radius 1 is 1.16 bits per heavy atom. The van der Waals surface area contributed by atoms with Crippen molar-refractivity contribution in [1.29, 1.82) is 0 Å². The van der Waals surface area contributed by atoms with Crippen LogP contribution < -0.4 is 4.74 Å². The van der Waals surface area contributed by atoms with Crippen LogP contribution in [0.4, 0.5) is 0 Å². The van der Waals surface area contributed by atoms with E-state index in [9.17, 15) is 5.11 Å². The summed E-state index contributed by atoms with van der Waals surface area (Å²) >= 11 is 1.41. The van der Waals surface area contributed by atoms with Crippen LogP contribution >= 0.6 is 11.3 Å². The highest BCUT2D eigenvalue weighted by Gasteiger charge is 2.14. The van der Waals surface area contributed by atoms with Crippen molar-refractivity contribution in [3.05, 3.63) is 81.7 Å². The van der Waals surface area contributed by atoms with Crippen LogP contribution in [0.25, 0.3) is 21.0 Å². The number of aliphatic hydroxyl groups excluding tert-OH is 1. The van der Waals surface area contributed by atoms with Gasteiger partial charge in [-0.25, -0.2) is 4.98 Å². The van der Waals surface area contributed by atoms with Gasteiger partial charge in [-0.3, -0.25) is 0 Å². The van der Waals surface area contributed by atoms with Crippen molar-refractivity contribution >= 4 is 11.3 Å². The van der Waals surface area contributed by atoms with Gasteiger partial charge in [-0.05, 0) is 23.2 Å². The van der Waals surface area contributed by atoms with Crippen LogP contribution in [0.2, 0.25) is 0 Å². The summed E-state index contributed by atoms with van der Waals surface area (Å²) in [7, 11) is 0. The summed E-state index contributed by atoms with van der Waals surface area (Å²) in [6.07, 6.45) is -0.904. The zero-order chi connectivity index (χ0) is 17.5. The van der Waals surface area contributed by atoms with Gasteiger partial charge in [0.2, 0.25) is 0 Å². The van der Waals surface area contributed by atoms with E-state index in [-0.39, 0.29) is 6.54 Å². The molecule has 0 aliphatic rings. The molecule has 2 aromatic carbocycles. The standard InChI is InChI=1S/C18H16N4O2S/c19-22-20-10-16(23)15-12-25-18(21-15)14-8-4-5-9-17(14)24-11-13-6-2-1-3-7-13/h1-9,12,16,23H,10-11H2. The van der Waals surface area contributed by atoms with Crippen LogP contribution in [-0.4, -0.2) is 16.6 Å². The number of para-hydroxylation sites is 1. The van der Waals surface area contributed by atoms with Gasteiger partial charge in [0.05, 0.1) is 17.8 Å². The van der Waals surface area contributed by atoms with Crippen LogP contribution in [0.1, 0.15) is 17.4 Å². The highest BCUT2D eigenvalue weighted by molar-refractivity contribution is 7.13. The third kappa shape index (κ3) is 4.36. The number of rotatable bonds is 7. The summed E-state index contributed by atoms with van der Waals surface area (Å²) < 4.78 is 5.95. The number of nitrogens with zero attached hydrogens (tertiary/aromatic N) is 4. The molecule has 0 radical (unpaired) electrons. The molecule has 25 heavy (non-hydrogen) atoms. The number of thiazole rings is 1. The Kier molecular flexibility index (Phi) is 5.64. The van der Waals surface area contributed by atoms with E-state index in [1.807, 2.05) is 54.6 Å². The molecule has 0 saturated carbocycles. The second kappa shape index (κ2) is 8.30. The Bertz CT molecular complexity index is 876. The second-order valence-corrected chi connectivity index (χ2v) is 6.14. The summed E-state index contributed by atoms with van der Waals surface area (Å²) in [5, 5.41) is 15.9. The van der Waals surface area contributed by atoms with Crippen molar-refractivity contribution in [2.24, 2.45) is 5.11 Å². The Morgan fingerprint density at radius 3 is 2.72 bits per heavy atom. The molecule has 7 heteroatoms. The van der Waals surface area contributed by atoms with Crippen molar-refractivity contribution in [3.63, 3.8) is 0 Å². The summed E-state index contributed by atoms with van der Waals surface area (Å²) in [5.74, 6) is 0.733. The summed E-state index contributed by atoms with van der Waals surface area (Å²) in [4.78, 5) is 7.11. The van der Waals surface area contributed by atoms with E-state index in [2.05, 4.69) is 15.0 Å². The first-order chi connectivity index (χ1) is 12.3. The Labute approximate surface area is 149 Å². The number of hydrogen-bond acceptors (Lipinski definition) is 5. The molecule has 126 valence electrons. The van der Waals surface area contributed by atoms with Crippen molar-refractivity contribution in [1.82, 2.24) is 4.98 Å². The first kappa shape index (κ1) is 17.0. The Morgan fingerprint density at radius 2 is 1.92 bits per heavy atom. The van der Waals surface area contributed by atoms with Gasteiger partial charge in [-0.15, -0.1) is 11.3 Å². The SMILES string of the molecule is [N-]=[N+]=NCC(O)c1csc(-c2ccccc2OCc2ccccc2)n1. The van der Waals surface area contributed by atoms with Gasteiger partial charge in [0, 0.05) is 10.3 Å². The highest BCUT2D eigenvalue weighted by atomic mass is 32.1. The van der Waals surface area contributed by atoms with Crippen molar-refractivity contribution in [2.45, 2.75) is 12.7 Å². The van der Waals surface area contributed by atoms with Gasteiger partial charge in [0.15, 0.2) is 0 Å². The topological polar surface area (TPSA) is 91.1 Å². The molecule has 0 aliphatic carbocycles. The summed E-state index contributed by atoms with van der Waals surface area (Å²) in [6.45, 7) is 0.432. The van der Waals surface area contributed by atoms with Crippen LogP contribution in [-0.2, 0) is 6.61 Å². The van der Waals surface area contributed by atoms with E-state index in [1.54, 1.807) is 5.38 Å². The molecule has 1 atom stereocenters. The molecule has 0 amide bonds. The molecule has 0 bridgehead atoms. The van der Waals surface area contributed by atoms with Gasteiger partial charge in [-0.2, -0.15) is 0 Å². The van der Waals surface area contributed by atoms with Crippen molar-refractivity contribution < 1.29 is 9.84 Å². The lowest BCUT2D eigenvalue weighted by atomic mass is 10.2. The minimum atomic E-state index is -0.904. The fraction of sp³-hybridized carbons (Fsp3) is 0.167. The molecular weight excluding hydrogens is 336 g/mol. The number of benzene rings is 2. The predicted octanol–water partition coefficient (Wildman–Crippen LogP) is 4.73. The van der Waals surface area contributed by atoms with E-state index in [0.717, 1.165) is 21.9 Å². The maximum atomic E-state index is 9.98. The number of ether oxygens (including phenoxy) is 1. The molecule has 0 spiro atoms. The lowest BCUT2D eigenvalue weighted by Gasteiger charge is -2.10. The first-order valence-electron chi connectivity index (χ1n) is 7.68. The van der Waals surface area contributed by atoms with Crippen molar-refractivity contribution in [2.75, 3.05) is 6.54 Å². The minimum absolute atomic E-state index is 0.0359. The monoisotopic (exact) mass is 352 g/mol. The van der Waals surface area contributed by atoms with E-state index in [0.29, 0.717) is 12.3 Å². The molecule has 3 rings (SSSR count). The van der Waals surface area contributed by atoms with E-state index in [4.69, 9.17) is 10.3 Å². The van der Waals surface area contributed by atoms with E-state index >= 15 is 0 Å². The zero-order valence-corrected chi connectivity index (χ0v) is 14.1. The molecule has 1 N–H and O–H groups in total. The fourth-order valence-corrected chi connectivity index (χ4v) is 3.17. The number of aromatic nitrogens is 1. The van der Waals surface area contributed by atoms with Crippen LogP contribution in [0, 0.1) is 0 Å². The quantitative estimate of drug-likeness (QED) is 0.378. The molecule has 0 aliphatic heterocycles. The molecule has 3 aromatic rings. The predicted molar refractivity (Wildman–Crippen MR) is 97.3 cm³/mol. The number of aliphatic hydroxyl groups is 1. The average molecular weight is 352 g/mol. The maximum Gasteiger partial charge on any atom is 0.130 e. The highest BCUT2D eigenvalue weighted by Crippen LogP contribution is 2.33. The Hall–Kier alpha value is -2.86. The molecule has 1 aromatic heterocycles. The molecule has 1 unspecified atom stereocenters. The van der Waals surface area contributed by atoms with E-state index < -0.39 is 6.10 Å². The van der Waals surface area contributed by atoms with Crippen LogP contribution in [0.15, 0.2) is 65.1 Å². The normalized spacial score (nSPS) is 11.6. The van der Waals surface area contributed by atoms with Gasteiger partial charge >= 0.3 is 0 Å². The van der Waals surface area contributed by atoms with Crippen LogP contribution in [0.3, 0.4) is 0 Å². The summed E-state index contributed by atoms with van der Waals surface area (Å²) in [6, 6.07) is 17.6. The van der Waals surface area contributed by atoms with Gasteiger partial charge in [0.25, 0.3) is 0 Å². The van der Waals surface area contributed by atoms with Gasteiger partial charge in [-0.1, -0.05) is 47.6 Å². The molecular formula is C18H16N4O2S. The molecule has 0 saturated heterocycles. The molecule has 6 nitrogen and oxygen atoms in total. The second-order valence-electron chi connectivity index (χ2n) is 5.28. The lowest BCUT2D eigenvalue weighted by molar-refractivity contribution is 0.183. The maximum absolute atomic E-state index is 9.98.